The Hall–Kier alpha value is -2.14. The van der Waals surface area contributed by atoms with Crippen LogP contribution in [0.3, 0.4) is 0 Å². The summed E-state index contributed by atoms with van der Waals surface area (Å²) >= 11 is 11.0. The molecule has 0 spiro atoms. The summed E-state index contributed by atoms with van der Waals surface area (Å²) in [6, 6.07) is 10.4. The molecule has 4 nitrogen and oxygen atoms in total. The first-order chi connectivity index (χ1) is 8.69. The van der Waals surface area contributed by atoms with Crippen LogP contribution in [0.2, 0.25) is 10.3 Å². The fourth-order valence-corrected chi connectivity index (χ4v) is 1.26. The van der Waals surface area contributed by atoms with Crippen molar-refractivity contribution in [1.82, 2.24) is 9.97 Å². The molecule has 0 radical (unpaired) electrons. The van der Waals surface area contributed by atoms with Crippen molar-refractivity contribution in [1.29, 1.82) is 10.5 Å². The zero-order valence-corrected chi connectivity index (χ0v) is 10.5. The highest BCUT2D eigenvalue weighted by Crippen LogP contribution is 2.09. The molecule has 2 heterocycles. The maximum absolute atomic E-state index is 8.34. The molecule has 0 aliphatic rings. The SMILES string of the molecule is N#Cc1cccnc1Cl.N#Cc1cccnc1Cl. The Labute approximate surface area is 114 Å². The summed E-state index contributed by atoms with van der Waals surface area (Å²) in [5.41, 5.74) is 0.832. The van der Waals surface area contributed by atoms with Crippen LogP contribution in [0.15, 0.2) is 36.7 Å². The Balaban J connectivity index is 0.000000180. The highest BCUT2D eigenvalue weighted by atomic mass is 35.5. The predicted octanol–water partition coefficient (Wildman–Crippen LogP) is 3.21. The molecule has 2 aromatic rings. The molecule has 88 valence electrons. The largest absolute Gasteiger partial charge is 0.243 e. The van der Waals surface area contributed by atoms with Gasteiger partial charge in [0.25, 0.3) is 0 Å². The molecule has 0 N–H and O–H groups in total. The molecule has 0 bridgehead atoms. The van der Waals surface area contributed by atoms with Crippen LogP contribution in [0.5, 0.6) is 0 Å². The third-order valence-electron chi connectivity index (χ3n) is 1.76. The molecular weight excluding hydrogens is 271 g/mol. The first-order valence-corrected chi connectivity index (χ1v) is 5.46. The first-order valence-electron chi connectivity index (χ1n) is 4.70. The van der Waals surface area contributed by atoms with E-state index in [4.69, 9.17) is 33.7 Å². The van der Waals surface area contributed by atoms with E-state index >= 15 is 0 Å². The van der Waals surface area contributed by atoms with Crippen molar-refractivity contribution >= 4 is 23.2 Å². The van der Waals surface area contributed by atoms with Gasteiger partial charge in [-0.05, 0) is 24.3 Å². The molecule has 0 saturated carbocycles. The second-order valence-corrected chi connectivity index (χ2v) is 3.62. The highest BCUT2D eigenvalue weighted by Gasteiger charge is 1.95. The van der Waals surface area contributed by atoms with Gasteiger partial charge in [0.2, 0.25) is 0 Å². The number of nitrogens with zero attached hydrogens (tertiary/aromatic N) is 4. The van der Waals surface area contributed by atoms with Gasteiger partial charge < -0.3 is 0 Å². The van der Waals surface area contributed by atoms with E-state index in [0.717, 1.165) is 0 Å². The van der Waals surface area contributed by atoms with E-state index in [0.29, 0.717) is 11.1 Å². The third kappa shape index (κ3) is 4.03. The van der Waals surface area contributed by atoms with Crippen molar-refractivity contribution in [3.8, 4) is 12.1 Å². The van der Waals surface area contributed by atoms with Crippen molar-refractivity contribution in [3.05, 3.63) is 58.1 Å². The fourth-order valence-electron chi connectivity index (χ4n) is 0.939. The zero-order chi connectivity index (χ0) is 13.4. The van der Waals surface area contributed by atoms with E-state index in [1.807, 2.05) is 12.1 Å². The number of hydrogen-bond donors (Lipinski definition) is 0. The molecule has 0 aliphatic carbocycles. The number of aromatic nitrogens is 2. The maximum atomic E-state index is 8.34. The molecule has 0 fully saturated rings. The van der Waals surface area contributed by atoms with Crippen molar-refractivity contribution in [2.24, 2.45) is 0 Å². The average molecular weight is 277 g/mol. The molecule has 0 aromatic carbocycles. The standard InChI is InChI=1S/2C6H3ClN2/c2*7-6-5(4-8)2-1-3-9-6/h2*1-3H. The lowest BCUT2D eigenvalue weighted by Gasteiger charge is -1.87. The topological polar surface area (TPSA) is 73.4 Å². The number of rotatable bonds is 0. The Kier molecular flexibility index (Phi) is 5.60. The van der Waals surface area contributed by atoms with Gasteiger partial charge in [-0.1, -0.05) is 23.2 Å². The summed E-state index contributed by atoms with van der Waals surface area (Å²) in [6.45, 7) is 0. The molecule has 0 aliphatic heterocycles. The minimum absolute atomic E-state index is 0.264. The molecule has 0 unspecified atom stereocenters. The van der Waals surface area contributed by atoms with E-state index in [1.54, 1.807) is 36.7 Å². The van der Waals surface area contributed by atoms with Crippen LogP contribution in [0.1, 0.15) is 11.1 Å². The van der Waals surface area contributed by atoms with Crippen LogP contribution in [0, 0.1) is 22.7 Å². The highest BCUT2D eigenvalue weighted by molar-refractivity contribution is 6.30. The molecule has 0 saturated heterocycles. The van der Waals surface area contributed by atoms with Crippen LogP contribution in [-0.2, 0) is 0 Å². The average Bonchev–Trinajstić information content (AvgIpc) is 2.41. The minimum atomic E-state index is 0.264. The quantitative estimate of drug-likeness (QED) is 0.693. The molecule has 18 heavy (non-hydrogen) atoms. The predicted molar refractivity (Wildman–Crippen MR) is 67.9 cm³/mol. The van der Waals surface area contributed by atoms with E-state index in [-0.39, 0.29) is 10.3 Å². The summed E-state index contributed by atoms with van der Waals surface area (Å²) in [4.78, 5) is 7.39. The zero-order valence-electron chi connectivity index (χ0n) is 9.01. The van der Waals surface area contributed by atoms with Gasteiger partial charge in [-0.3, -0.25) is 0 Å². The van der Waals surface area contributed by atoms with Gasteiger partial charge in [0.05, 0.1) is 11.1 Å². The van der Waals surface area contributed by atoms with Crippen LogP contribution < -0.4 is 0 Å². The Morgan fingerprint density at radius 2 is 1.22 bits per heavy atom. The first kappa shape index (κ1) is 13.9. The Morgan fingerprint density at radius 1 is 0.833 bits per heavy atom. The molecule has 2 aromatic heterocycles. The number of hydrogen-bond acceptors (Lipinski definition) is 4. The van der Waals surface area contributed by atoms with Crippen molar-refractivity contribution in [3.63, 3.8) is 0 Å². The smallest absolute Gasteiger partial charge is 0.146 e. The lowest BCUT2D eigenvalue weighted by atomic mass is 10.3. The van der Waals surface area contributed by atoms with E-state index < -0.39 is 0 Å². The third-order valence-corrected chi connectivity index (χ3v) is 2.36. The summed E-state index contributed by atoms with van der Waals surface area (Å²) in [6.07, 6.45) is 3.09. The van der Waals surface area contributed by atoms with Crippen molar-refractivity contribution < 1.29 is 0 Å². The lowest BCUT2D eigenvalue weighted by molar-refractivity contribution is 1.30. The van der Waals surface area contributed by atoms with Gasteiger partial charge in [-0.15, -0.1) is 0 Å². The second-order valence-electron chi connectivity index (χ2n) is 2.91. The minimum Gasteiger partial charge on any atom is -0.243 e. The van der Waals surface area contributed by atoms with Gasteiger partial charge in [-0.2, -0.15) is 10.5 Å². The number of nitriles is 2. The lowest BCUT2D eigenvalue weighted by Crippen LogP contribution is -1.77. The van der Waals surface area contributed by atoms with Gasteiger partial charge in [0.15, 0.2) is 0 Å². The van der Waals surface area contributed by atoms with Gasteiger partial charge >= 0.3 is 0 Å². The summed E-state index contributed by atoms with van der Waals surface area (Å²) in [5.74, 6) is 0. The van der Waals surface area contributed by atoms with Crippen LogP contribution in [0.25, 0.3) is 0 Å². The number of halogens is 2. The van der Waals surface area contributed by atoms with Gasteiger partial charge in [0.1, 0.15) is 22.4 Å². The summed E-state index contributed by atoms with van der Waals surface area (Å²) in [7, 11) is 0. The van der Waals surface area contributed by atoms with E-state index in [9.17, 15) is 0 Å². The second kappa shape index (κ2) is 7.24. The molecular formula is C12H6Cl2N4. The van der Waals surface area contributed by atoms with E-state index in [1.165, 1.54) is 0 Å². The Bertz CT molecular complexity index is 558. The fraction of sp³-hybridized carbons (Fsp3) is 0. The molecule has 0 atom stereocenters. The normalized spacial score (nSPS) is 8.44. The van der Waals surface area contributed by atoms with Crippen LogP contribution in [0.4, 0.5) is 0 Å². The molecule has 0 amide bonds. The van der Waals surface area contributed by atoms with Crippen LogP contribution in [-0.4, -0.2) is 9.97 Å². The molecule has 6 heteroatoms. The summed E-state index contributed by atoms with van der Waals surface area (Å²) < 4.78 is 0. The Morgan fingerprint density at radius 3 is 1.44 bits per heavy atom. The van der Waals surface area contributed by atoms with Crippen LogP contribution >= 0.6 is 23.2 Å². The van der Waals surface area contributed by atoms with Crippen molar-refractivity contribution in [2.75, 3.05) is 0 Å². The monoisotopic (exact) mass is 276 g/mol. The summed E-state index contributed by atoms with van der Waals surface area (Å²) in [5, 5.41) is 17.2. The maximum Gasteiger partial charge on any atom is 0.146 e. The van der Waals surface area contributed by atoms with Gasteiger partial charge in [-0.25, -0.2) is 9.97 Å². The van der Waals surface area contributed by atoms with Gasteiger partial charge in [0, 0.05) is 12.4 Å². The number of pyridine rings is 2. The molecule has 2 rings (SSSR count). The van der Waals surface area contributed by atoms with Crippen molar-refractivity contribution in [2.45, 2.75) is 0 Å². The van der Waals surface area contributed by atoms with E-state index in [2.05, 4.69) is 9.97 Å².